The molecule has 1 amide bonds. The van der Waals surface area contributed by atoms with E-state index in [2.05, 4.69) is 29.0 Å². The van der Waals surface area contributed by atoms with Gasteiger partial charge in [-0.2, -0.15) is 0 Å². The minimum absolute atomic E-state index is 0.0260. The number of nitrogens with zero attached hydrogens (tertiary/aromatic N) is 3. The number of piperidine rings is 1. The highest BCUT2D eigenvalue weighted by molar-refractivity contribution is 7.99. The van der Waals surface area contributed by atoms with Crippen molar-refractivity contribution in [1.82, 2.24) is 14.9 Å². The minimum Gasteiger partial charge on any atom is -0.458 e. The molecule has 1 saturated heterocycles. The summed E-state index contributed by atoms with van der Waals surface area (Å²) in [7, 11) is 0. The highest BCUT2D eigenvalue weighted by atomic mass is 32.2. The average molecular weight is 372 g/mol. The Morgan fingerprint density at radius 2 is 2.04 bits per heavy atom. The predicted octanol–water partition coefficient (Wildman–Crippen LogP) is 3.59. The summed E-state index contributed by atoms with van der Waals surface area (Å²) in [5, 5.41) is 0. The molecule has 0 saturated carbocycles. The summed E-state index contributed by atoms with van der Waals surface area (Å²) in [6, 6.07) is 10.6. The zero-order valence-electron chi connectivity index (χ0n) is 15.1. The Hall–Kier alpha value is -2.08. The number of aromatic nitrogens is 2. The number of aryl methyl sites for hydroxylation is 1. The monoisotopic (exact) mass is 371 g/mol. The number of likely N-dealkylation sites (tertiary alicyclic amines) is 1. The molecular formula is C20H25N3O2S. The lowest BCUT2D eigenvalue weighted by atomic mass is 10.1. The molecule has 1 fully saturated rings. The first-order valence-corrected chi connectivity index (χ1v) is 10.2. The van der Waals surface area contributed by atoms with Crippen molar-refractivity contribution in [1.29, 1.82) is 0 Å². The molecule has 0 radical (unpaired) electrons. The van der Waals surface area contributed by atoms with Crippen LogP contribution in [0.25, 0.3) is 0 Å². The zero-order chi connectivity index (χ0) is 18.2. The van der Waals surface area contributed by atoms with E-state index in [9.17, 15) is 4.79 Å². The van der Waals surface area contributed by atoms with Gasteiger partial charge in [-0.15, -0.1) is 11.8 Å². The molecule has 1 aliphatic heterocycles. The molecule has 1 aliphatic rings. The number of carbonyl (C=O) groups is 1. The van der Waals surface area contributed by atoms with Gasteiger partial charge in [-0.25, -0.2) is 9.97 Å². The number of benzene rings is 1. The number of ether oxygens (including phenoxy) is 1. The number of thioether (sulfide) groups is 1. The zero-order valence-corrected chi connectivity index (χ0v) is 16.0. The van der Waals surface area contributed by atoms with E-state index in [1.807, 2.05) is 23.1 Å². The molecule has 3 rings (SSSR count). The van der Waals surface area contributed by atoms with Crippen LogP contribution in [0.1, 0.15) is 31.7 Å². The minimum atomic E-state index is -0.0260. The molecule has 1 aromatic carbocycles. The standard InChI is InChI=1S/C20H25N3O2S/c1-2-16-13-21-20(22-14-16)25-17-7-6-11-23(15-17)19(24)10-12-26-18-8-4-3-5-9-18/h3-5,8-9,13-14,17H,2,6-7,10-12,15H2,1H3. The van der Waals surface area contributed by atoms with Crippen LogP contribution in [0.2, 0.25) is 0 Å². The highest BCUT2D eigenvalue weighted by Gasteiger charge is 2.25. The molecule has 1 aromatic heterocycles. The van der Waals surface area contributed by atoms with E-state index >= 15 is 0 Å². The quantitative estimate of drug-likeness (QED) is 0.696. The van der Waals surface area contributed by atoms with Crippen LogP contribution in [0, 0.1) is 0 Å². The molecule has 2 aromatic rings. The third-order valence-electron chi connectivity index (χ3n) is 4.42. The van der Waals surface area contributed by atoms with Crippen molar-refractivity contribution in [2.75, 3.05) is 18.8 Å². The van der Waals surface area contributed by atoms with Crippen LogP contribution < -0.4 is 4.74 Å². The number of carbonyl (C=O) groups excluding carboxylic acids is 1. The molecule has 0 aliphatic carbocycles. The van der Waals surface area contributed by atoms with Gasteiger partial charge in [-0.1, -0.05) is 25.1 Å². The lowest BCUT2D eigenvalue weighted by molar-refractivity contribution is -0.133. The van der Waals surface area contributed by atoms with E-state index < -0.39 is 0 Å². The van der Waals surface area contributed by atoms with Gasteiger partial charge in [0.1, 0.15) is 6.10 Å². The first-order chi connectivity index (χ1) is 12.7. The largest absolute Gasteiger partial charge is 0.458 e. The Balaban J connectivity index is 1.45. The fraction of sp³-hybridized carbons (Fsp3) is 0.450. The van der Waals surface area contributed by atoms with Crippen LogP contribution in [0.3, 0.4) is 0 Å². The first-order valence-electron chi connectivity index (χ1n) is 9.18. The molecule has 1 atom stereocenters. The lowest BCUT2D eigenvalue weighted by Crippen LogP contribution is -2.44. The summed E-state index contributed by atoms with van der Waals surface area (Å²) >= 11 is 1.72. The third kappa shape index (κ3) is 5.46. The Morgan fingerprint density at radius 3 is 2.77 bits per heavy atom. The molecule has 6 heteroatoms. The smallest absolute Gasteiger partial charge is 0.316 e. The SMILES string of the molecule is CCc1cnc(OC2CCCN(C(=O)CCSc3ccccc3)C2)nc1. The van der Waals surface area contributed by atoms with Gasteiger partial charge >= 0.3 is 6.01 Å². The van der Waals surface area contributed by atoms with Gasteiger partial charge in [0.05, 0.1) is 6.54 Å². The van der Waals surface area contributed by atoms with E-state index in [-0.39, 0.29) is 12.0 Å². The summed E-state index contributed by atoms with van der Waals surface area (Å²) in [5.41, 5.74) is 1.09. The van der Waals surface area contributed by atoms with Crippen LogP contribution >= 0.6 is 11.8 Å². The Labute approximate surface area is 159 Å². The number of hydrogen-bond acceptors (Lipinski definition) is 5. The number of amides is 1. The maximum absolute atomic E-state index is 12.5. The van der Waals surface area contributed by atoms with Crippen molar-refractivity contribution in [2.24, 2.45) is 0 Å². The Bertz CT molecular complexity index is 694. The molecular weight excluding hydrogens is 346 g/mol. The molecule has 26 heavy (non-hydrogen) atoms. The maximum Gasteiger partial charge on any atom is 0.316 e. The van der Waals surface area contributed by atoms with Crippen LogP contribution in [0.15, 0.2) is 47.6 Å². The summed E-state index contributed by atoms with van der Waals surface area (Å²) in [4.78, 5) is 24.1. The van der Waals surface area contributed by atoms with Gasteiger partial charge in [0.15, 0.2) is 0 Å². The molecule has 0 bridgehead atoms. The van der Waals surface area contributed by atoms with E-state index in [0.717, 1.165) is 37.1 Å². The van der Waals surface area contributed by atoms with E-state index in [1.54, 1.807) is 24.2 Å². The second-order valence-corrected chi connectivity index (χ2v) is 7.53. The summed E-state index contributed by atoms with van der Waals surface area (Å²) in [6.07, 6.45) is 6.92. The molecule has 0 spiro atoms. The summed E-state index contributed by atoms with van der Waals surface area (Å²) in [5.74, 6) is 0.996. The van der Waals surface area contributed by atoms with Crippen LogP contribution in [0.4, 0.5) is 0 Å². The number of hydrogen-bond donors (Lipinski definition) is 0. The van der Waals surface area contributed by atoms with Crippen molar-refractivity contribution in [3.63, 3.8) is 0 Å². The molecule has 5 nitrogen and oxygen atoms in total. The maximum atomic E-state index is 12.5. The van der Waals surface area contributed by atoms with Gasteiger partial charge in [-0.05, 0) is 37.0 Å². The second-order valence-electron chi connectivity index (χ2n) is 6.36. The van der Waals surface area contributed by atoms with E-state index in [4.69, 9.17) is 4.74 Å². The van der Waals surface area contributed by atoms with Crippen LogP contribution in [-0.4, -0.2) is 45.7 Å². The van der Waals surface area contributed by atoms with E-state index in [1.165, 1.54) is 4.90 Å². The van der Waals surface area contributed by atoms with Gasteiger partial charge in [-0.3, -0.25) is 4.79 Å². The lowest BCUT2D eigenvalue weighted by Gasteiger charge is -2.32. The van der Waals surface area contributed by atoms with E-state index in [0.29, 0.717) is 19.0 Å². The number of rotatable bonds is 7. The summed E-state index contributed by atoms with van der Waals surface area (Å²) < 4.78 is 5.89. The van der Waals surface area contributed by atoms with Crippen molar-refractivity contribution in [2.45, 2.75) is 43.6 Å². The fourth-order valence-electron chi connectivity index (χ4n) is 2.93. The molecule has 1 unspecified atom stereocenters. The van der Waals surface area contributed by atoms with Crippen molar-refractivity contribution >= 4 is 17.7 Å². The molecule has 2 heterocycles. The van der Waals surface area contributed by atoms with Gasteiger partial charge in [0, 0.05) is 36.0 Å². The fourth-order valence-corrected chi connectivity index (χ4v) is 3.79. The Morgan fingerprint density at radius 1 is 1.27 bits per heavy atom. The Kier molecular flexibility index (Phi) is 6.89. The van der Waals surface area contributed by atoms with Crippen molar-refractivity contribution < 1.29 is 9.53 Å². The molecule has 138 valence electrons. The average Bonchev–Trinajstić information content (AvgIpc) is 2.69. The van der Waals surface area contributed by atoms with Crippen molar-refractivity contribution in [3.05, 3.63) is 48.3 Å². The summed E-state index contributed by atoms with van der Waals surface area (Å²) in [6.45, 7) is 3.50. The van der Waals surface area contributed by atoms with Gasteiger partial charge in [0.25, 0.3) is 0 Å². The van der Waals surface area contributed by atoms with Gasteiger partial charge < -0.3 is 9.64 Å². The highest BCUT2D eigenvalue weighted by Crippen LogP contribution is 2.20. The first kappa shape index (κ1) is 18.7. The van der Waals surface area contributed by atoms with Crippen LogP contribution in [0.5, 0.6) is 6.01 Å². The topological polar surface area (TPSA) is 55.3 Å². The molecule has 0 N–H and O–H groups in total. The van der Waals surface area contributed by atoms with Gasteiger partial charge in [0.2, 0.25) is 5.91 Å². The second kappa shape index (κ2) is 9.57. The van der Waals surface area contributed by atoms with Crippen LogP contribution in [-0.2, 0) is 11.2 Å². The predicted molar refractivity (Wildman–Crippen MR) is 103 cm³/mol. The third-order valence-corrected chi connectivity index (χ3v) is 5.43. The normalized spacial score (nSPS) is 17.1. The van der Waals surface area contributed by atoms with Crippen molar-refractivity contribution in [3.8, 4) is 6.01 Å².